The summed E-state index contributed by atoms with van der Waals surface area (Å²) in [6, 6.07) is 0. The zero-order valence-corrected chi connectivity index (χ0v) is 8.99. The maximum Gasteiger partial charge on any atom is 0.302 e. The number of hydrogen-bond acceptors (Lipinski definition) is 4. The summed E-state index contributed by atoms with van der Waals surface area (Å²) in [7, 11) is 1.70. The number of esters is 1. The van der Waals surface area contributed by atoms with E-state index < -0.39 is 0 Å². The molecule has 1 fully saturated rings. The average Bonchev–Trinajstić information content (AvgIpc) is 2.16. The molecule has 0 amide bonds. The monoisotopic (exact) mass is 202 g/mol. The van der Waals surface area contributed by atoms with Gasteiger partial charge in [-0.05, 0) is 0 Å². The summed E-state index contributed by atoms with van der Waals surface area (Å²) in [5, 5.41) is 0. The molecule has 3 atom stereocenters. The van der Waals surface area contributed by atoms with Crippen molar-refractivity contribution < 1.29 is 19.0 Å². The fraction of sp³-hybridized carbons (Fsp3) is 0.900. The third kappa shape index (κ3) is 3.27. The quantitative estimate of drug-likeness (QED) is 0.640. The first-order valence-electron chi connectivity index (χ1n) is 4.91. The zero-order chi connectivity index (χ0) is 10.6. The SMILES string of the molecule is CO[C@@H]1CC(COC(C)=O)OCC1C. The molecule has 0 aromatic heterocycles. The van der Waals surface area contributed by atoms with Gasteiger partial charge in [-0.25, -0.2) is 0 Å². The molecular weight excluding hydrogens is 184 g/mol. The van der Waals surface area contributed by atoms with Crippen LogP contribution in [0.4, 0.5) is 0 Å². The summed E-state index contributed by atoms with van der Waals surface area (Å²) >= 11 is 0. The van der Waals surface area contributed by atoms with Crippen molar-refractivity contribution in [1.29, 1.82) is 0 Å². The molecule has 0 aliphatic carbocycles. The molecule has 0 aromatic rings. The first-order chi connectivity index (χ1) is 6.63. The largest absolute Gasteiger partial charge is 0.463 e. The predicted molar refractivity (Wildman–Crippen MR) is 51.0 cm³/mol. The molecule has 1 heterocycles. The molecule has 1 saturated heterocycles. The summed E-state index contributed by atoms with van der Waals surface area (Å²) in [4.78, 5) is 10.6. The van der Waals surface area contributed by atoms with Crippen LogP contribution in [0.15, 0.2) is 0 Å². The molecule has 82 valence electrons. The van der Waals surface area contributed by atoms with Crippen molar-refractivity contribution >= 4 is 5.97 Å². The van der Waals surface area contributed by atoms with Crippen LogP contribution in [0.2, 0.25) is 0 Å². The van der Waals surface area contributed by atoms with Crippen LogP contribution < -0.4 is 0 Å². The Bertz CT molecular complexity index is 193. The van der Waals surface area contributed by atoms with E-state index in [1.807, 2.05) is 0 Å². The van der Waals surface area contributed by atoms with Gasteiger partial charge in [0.2, 0.25) is 0 Å². The van der Waals surface area contributed by atoms with Gasteiger partial charge in [-0.2, -0.15) is 0 Å². The summed E-state index contributed by atoms with van der Waals surface area (Å²) in [5.41, 5.74) is 0. The van der Waals surface area contributed by atoms with Gasteiger partial charge >= 0.3 is 5.97 Å². The van der Waals surface area contributed by atoms with E-state index in [1.165, 1.54) is 6.92 Å². The smallest absolute Gasteiger partial charge is 0.302 e. The van der Waals surface area contributed by atoms with Gasteiger partial charge in [0.15, 0.2) is 0 Å². The lowest BCUT2D eigenvalue weighted by atomic mass is 9.97. The van der Waals surface area contributed by atoms with Crippen LogP contribution in [-0.4, -0.2) is 38.5 Å². The molecule has 4 nitrogen and oxygen atoms in total. The Labute approximate surface area is 84.5 Å². The second-order valence-corrected chi connectivity index (χ2v) is 3.75. The van der Waals surface area contributed by atoms with Gasteiger partial charge in [0.25, 0.3) is 0 Å². The number of methoxy groups -OCH3 is 1. The summed E-state index contributed by atoms with van der Waals surface area (Å²) in [5.74, 6) is 0.148. The van der Waals surface area contributed by atoms with Crippen LogP contribution in [0.1, 0.15) is 20.3 Å². The van der Waals surface area contributed by atoms with E-state index in [2.05, 4.69) is 6.92 Å². The van der Waals surface area contributed by atoms with Crippen LogP contribution in [-0.2, 0) is 19.0 Å². The number of carbonyl (C=O) groups is 1. The maximum absolute atomic E-state index is 10.6. The number of hydrogen-bond donors (Lipinski definition) is 0. The molecule has 4 heteroatoms. The van der Waals surface area contributed by atoms with Crippen LogP contribution >= 0.6 is 0 Å². The van der Waals surface area contributed by atoms with Crippen molar-refractivity contribution in [2.24, 2.45) is 5.92 Å². The van der Waals surface area contributed by atoms with Crippen molar-refractivity contribution in [2.45, 2.75) is 32.5 Å². The van der Waals surface area contributed by atoms with Gasteiger partial charge in [-0.15, -0.1) is 0 Å². The number of carbonyl (C=O) groups excluding carboxylic acids is 1. The van der Waals surface area contributed by atoms with E-state index in [4.69, 9.17) is 14.2 Å². The Hall–Kier alpha value is -0.610. The van der Waals surface area contributed by atoms with Crippen molar-refractivity contribution in [1.82, 2.24) is 0 Å². The van der Waals surface area contributed by atoms with Gasteiger partial charge in [-0.1, -0.05) is 6.92 Å². The maximum atomic E-state index is 10.6. The van der Waals surface area contributed by atoms with Crippen LogP contribution in [0, 0.1) is 5.92 Å². The summed E-state index contributed by atoms with van der Waals surface area (Å²) in [6.07, 6.45) is 0.995. The highest BCUT2D eigenvalue weighted by molar-refractivity contribution is 5.65. The topological polar surface area (TPSA) is 44.8 Å². The van der Waals surface area contributed by atoms with Gasteiger partial charge < -0.3 is 14.2 Å². The second-order valence-electron chi connectivity index (χ2n) is 3.75. The lowest BCUT2D eigenvalue weighted by Crippen LogP contribution is -2.39. The second kappa shape index (κ2) is 5.32. The molecule has 1 aliphatic rings. The molecule has 1 aliphatic heterocycles. The first kappa shape index (κ1) is 11.5. The Morgan fingerprint density at radius 3 is 2.86 bits per heavy atom. The third-order valence-electron chi connectivity index (χ3n) is 2.50. The molecule has 0 radical (unpaired) electrons. The van der Waals surface area contributed by atoms with Crippen LogP contribution in [0.3, 0.4) is 0 Å². The van der Waals surface area contributed by atoms with Crippen LogP contribution in [0.25, 0.3) is 0 Å². The average molecular weight is 202 g/mol. The standard InChI is InChI=1S/C10H18O4/c1-7-5-14-9(4-10(7)12-3)6-13-8(2)11/h7,9-10H,4-6H2,1-3H3/t7?,9?,10-/m1/s1. The van der Waals surface area contributed by atoms with Crippen molar-refractivity contribution in [3.8, 4) is 0 Å². The number of rotatable bonds is 3. The molecule has 1 rings (SSSR count). The van der Waals surface area contributed by atoms with Gasteiger partial charge in [-0.3, -0.25) is 4.79 Å². The summed E-state index contributed by atoms with van der Waals surface area (Å²) in [6.45, 7) is 4.50. The Balaban J connectivity index is 2.31. The van der Waals surface area contributed by atoms with Crippen molar-refractivity contribution in [3.05, 3.63) is 0 Å². The molecule has 2 unspecified atom stereocenters. The lowest BCUT2D eigenvalue weighted by Gasteiger charge is -2.33. The first-order valence-corrected chi connectivity index (χ1v) is 4.91. The lowest BCUT2D eigenvalue weighted by molar-refractivity contribution is -0.152. The molecule has 0 spiro atoms. The Morgan fingerprint density at radius 1 is 1.57 bits per heavy atom. The zero-order valence-electron chi connectivity index (χ0n) is 8.99. The highest BCUT2D eigenvalue weighted by Crippen LogP contribution is 2.21. The van der Waals surface area contributed by atoms with E-state index in [-0.39, 0.29) is 18.2 Å². The minimum Gasteiger partial charge on any atom is -0.463 e. The minimum absolute atomic E-state index is 0.0138. The minimum atomic E-state index is -0.263. The molecular formula is C10H18O4. The van der Waals surface area contributed by atoms with Crippen LogP contribution in [0.5, 0.6) is 0 Å². The van der Waals surface area contributed by atoms with Gasteiger partial charge in [0, 0.05) is 26.4 Å². The third-order valence-corrected chi connectivity index (χ3v) is 2.50. The van der Waals surface area contributed by atoms with Crippen molar-refractivity contribution in [2.75, 3.05) is 20.3 Å². The van der Waals surface area contributed by atoms with Gasteiger partial charge in [0.05, 0.1) is 18.8 Å². The van der Waals surface area contributed by atoms with E-state index >= 15 is 0 Å². The fourth-order valence-corrected chi connectivity index (χ4v) is 1.61. The Kier molecular flexibility index (Phi) is 4.35. The van der Waals surface area contributed by atoms with Gasteiger partial charge in [0.1, 0.15) is 6.61 Å². The molecule has 0 N–H and O–H groups in total. The molecule has 0 saturated carbocycles. The highest BCUT2D eigenvalue weighted by Gasteiger charge is 2.28. The number of ether oxygens (including phenoxy) is 3. The fourth-order valence-electron chi connectivity index (χ4n) is 1.61. The summed E-state index contributed by atoms with van der Waals surface area (Å²) < 4.78 is 15.7. The van der Waals surface area contributed by atoms with E-state index in [0.717, 1.165) is 6.42 Å². The molecule has 0 bridgehead atoms. The Morgan fingerprint density at radius 2 is 2.29 bits per heavy atom. The van der Waals surface area contributed by atoms with E-state index in [9.17, 15) is 4.79 Å². The highest BCUT2D eigenvalue weighted by atomic mass is 16.6. The predicted octanol–water partition coefficient (Wildman–Crippen LogP) is 0.990. The normalized spacial score (nSPS) is 32.6. The van der Waals surface area contributed by atoms with E-state index in [1.54, 1.807) is 7.11 Å². The van der Waals surface area contributed by atoms with Crippen molar-refractivity contribution in [3.63, 3.8) is 0 Å². The van der Waals surface area contributed by atoms with E-state index in [0.29, 0.717) is 19.1 Å². The molecule has 0 aromatic carbocycles. The molecule has 14 heavy (non-hydrogen) atoms.